The summed E-state index contributed by atoms with van der Waals surface area (Å²) in [6, 6.07) is 17.1. The Kier molecular flexibility index (Phi) is 8.87. The van der Waals surface area contributed by atoms with Crippen LogP contribution >= 0.6 is 0 Å². The monoisotopic (exact) mass is 599 g/mol. The van der Waals surface area contributed by atoms with Crippen molar-refractivity contribution in [3.05, 3.63) is 91.5 Å². The molecule has 3 heterocycles. The number of rotatable bonds is 12. The van der Waals surface area contributed by atoms with E-state index < -0.39 is 35.1 Å². The Morgan fingerprint density at radius 1 is 1.05 bits per heavy atom. The molecule has 2 aromatic carbocycles. The second-order valence-electron chi connectivity index (χ2n) is 12.9. The first kappa shape index (κ1) is 31.7. The fourth-order valence-electron chi connectivity index (χ4n) is 7.94. The molecule has 3 unspecified atom stereocenters. The lowest BCUT2D eigenvalue weighted by Crippen LogP contribution is -2.60. The molecule has 1 N–H and O–H groups in total. The number of aliphatic hydroxyl groups is 1. The first-order valence-corrected chi connectivity index (χ1v) is 15.6. The number of carbonyl (C=O) groups excluding carboxylic acids is 3. The molecule has 3 fully saturated rings. The zero-order valence-electron chi connectivity index (χ0n) is 26.3. The van der Waals surface area contributed by atoms with Crippen LogP contribution in [0.4, 0.5) is 5.69 Å². The molecule has 1 spiro atoms. The first-order valence-electron chi connectivity index (χ1n) is 15.6. The Balaban J connectivity index is 1.65. The zero-order valence-corrected chi connectivity index (χ0v) is 26.3. The van der Waals surface area contributed by atoms with Gasteiger partial charge in [-0.15, -0.1) is 13.2 Å². The molecule has 3 saturated heterocycles. The Hall–Kier alpha value is -3.75. The van der Waals surface area contributed by atoms with Crippen molar-refractivity contribution >= 4 is 23.4 Å². The second-order valence-corrected chi connectivity index (χ2v) is 12.9. The normalized spacial score (nSPS) is 29.4. The van der Waals surface area contributed by atoms with E-state index in [2.05, 4.69) is 13.2 Å². The Bertz CT molecular complexity index is 1400. The molecule has 3 aliphatic rings. The summed E-state index contributed by atoms with van der Waals surface area (Å²) in [5.74, 6) is -2.62. The average molecular weight is 600 g/mol. The highest BCUT2D eigenvalue weighted by atomic mass is 16.5. The number of benzene rings is 2. The van der Waals surface area contributed by atoms with Crippen molar-refractivity contribution in [3.8, 4) is 0 Å². The smallest absolute Gasteiger partial charge is 0.248 e. The molecule has 2 aromatic rings. The Morgan fingerprint density at radius 3 is 2.23 bits per heavy atom. The summed E-state index contributed by atoms with van der Waals surface area (Å²) in [7, 11) is 0. The van der Waals surface area contributed by atoms with Gasteiger partial charge in [-0.2, -0.15) is 0 Å². The van der Waals surface area contributed by atoms with Gasteiger partial charge in [-0.05, 0) is 57.2 Å². The van der Waals surface area contributed by atoms with E-state index in [4.69, 9.17) is 4.74 Å². The van der Waals surface area contributed by atoms with Crippen LogP contribution in [0, 0.1) is 17.8 Å². The van der Waals surface area contributed by atoms with E-state index in [9.17, 15) is 19.5 Å². The summed E-state index contributed by atoms with van der Waals surface area (Å²) < 4.78 is 6.98. The highest BCUT2D eigenvalue weighted by molar-refractivity contribution is 6.03. The summed E-state index contributed by atoms with van der Waals surface area (Å²) >= 11 is 0. The van der Waals surface area contributed by atoms with Gasteiger partial charge in [0.15, 0.2) is 0 Å². The standard InChI is InChI=1S/C36H45N3O5/c1-7-19-37(24(3)4)34(43)31-36-22-25(5)35(6,44-36)29(32(41)38(20-8-2)27-17-13-10-14-18-27)30(36)33(42)39(31)28(23-40)21-26-15-11-9-12-16-26/h7-18,24-25,28-31,40H,1-2,19-23H2,3-6H3/t25?,28-,29-,30+,31?,35+,36?/m1/s1. The van der Waals surface area contributed by atoms with Crippen molar-refractivity contribution in [1.29, 1.82) is 0 Å². The van der Waals surface area contributed by atoms with Gasteiger partial charge >= 0.3 is 0 Å². The van der Waals surface area contributed by atoms with Crippen LogP contribution < -0.4 is 4.90 Å². The van der Waals surface area contributed by atoms with Crippen molar-refractivity contribution in [2.75, 3.05) is 24.6 Å². The Labute approximate surface area is 261 Å². The number of anilines is 1. The van der Waals surface area contributed by atoms with E-state index in [1.807, 2.05) is 88.4 Å². The largest absolute Gasteiger partial charge is 0.394 e. The number of carbonyl (C=O) groups is 3. The molecule has 44 heavy (non-hydrogen) atoms. The fourth-order valence-corrected chi connectivity index (χ4v) is 7.94. The predicted molar refractivity (Wildman–Crippen MR) is 171 cm³/mol. The van der Waals surface area contributed by atoms with Crippen LogP contribution in [0.3, 0.4) is 0 Å². The lowest BCUT2D eigenvalue weighted by Gasteiger charge is -2.40. The minimum absolute atomic E-state index is 0.106. The number of nitrogens with zero attached hydrogens (tertiary/aromatic N) is 3. The molecule has 5 rings (SSSR count). The number of hydrogen-bond donors (Lipinski definition) is 1. The van der Waals surface area contributed by atoms with Crippen molar-refractivity contribution in [1.82, 2.24) is 9.80 Å². The number of likely N-dealkylation sites (tertiary alicyclic amines) is 1. The van der Waals surface area contributed by atoms with Gasteiger partial charge < -0.3 is 24.5 Å². The van der Waals surface area contributed by atoms with E-state index in [0.717, 1.165) is 5.56 Å². The average Bonchev–Trinajstić information content (AvgIpc) is 3.54. The van der Waals surface area contributed by atoms with Crippen molar-refractivity contribution < 1.29 is 24.2 Å². The third kappa shape index (κ3) is 4.98. The second kappa shape index (κ2) is 12.3. The summed E-state index contributed by atoms with van der Waals surface area (Å²) in [6.45, 7) is 15.8. The van der Waals surface area contributed by atoms with E-state index in [-0.39, 0.29) is 42.8 Å². The summed E-state index contributed by atoms with van der Waals surface area (Å²) in [5.41, 5.74) is -0.552. The number of aliphatic hydroxyl groups excluding tert-OH is 1. The number of ether oxygens (including phenoxy) is 1. The van der Waals surface area contributed by atoms with Gasteiger partial charge in [-0.25, -0.2) is 0 Å². The van der Waals surface area contributed by atoms with E-state index in [1.54, 1.807) is 26.9 Å². The molecule has 234 valence electrons. The SMILES string of the molecule is C=CCN(C(=O)[C@H]1[C@H]2C(=O)N([C@@H](CO)Cc3ccccc3)C(C(=O)N(CC=C)C(C)C)C23CC(C)[C@]1(C)O3)c1ccccc1. The summed E-state index contributed by atoms with van der Waals surface area (Å²) in [4.78, 5) is 49.2. The van der Waals surface area contributed by atoms with Gasteiger partial charge in [0.25, 0.3) is 0 Å². The van der Waals surface area contributed by atoms with Crippen LogP contribution in [0.25, 0.3) is 0 Å². The molecule has 2 bridgehead atoms. The van der Waals surface area contributed by atoms with Gasteiger partial charge in [0, 0.05) is 24.8 Å². The molecule has 0 radical (unpaired) electrons. The minimum atomic E-state index is -1.22. The molecule has 7 atom stereocenters. The van der Waals surface area contributed by atoms with Crippen molar-refractivity contribution in [3.63, 3.8) is 0 Å². The summed E-state index contributed by atoms with van der Waals surface area (Å²) in [5, 5.41) is 10.8. The van der Waals surface area contributed by atoms with Crippen LogP contribution in [0.15, 0.2) is 86.0 Å². The third-order valence-electron chi connectivity index (χ3n) is 10.0. The van der Waals surface area contributed by atoms with Crippen LogP contribution in [0.2, 0.25) is 0 Å². The lowest BCUT2D eigenvalue weighted by molar-refractivity contribution is -0.156. The van der Waals surface area contributed by atoms with Gasteiger partial charge in [0.2, 0.25) is 17.7 Å². The molecule has 8 nitrogen and oxygen atoms in total. The van der Waals surface area contributed by atoms with Crippen LogP contribution in [-0.4, -0.2) is 81.7 Å². The van der Waals surface area contributed by atoms with Crippen LogP contribution in [0.1, 0.15) is 39.7 Å². The quantitative estimate of drug-likeness (QED) is 0.369. The topological polar surface area (TPSA) is 90.4 Å². The minimum Gasteiger partial charge on any atom is -0.394 e. The maximum atomic E-state index is 14.9. The van der Waals surface area contributed by atoms with E-state index in [0.29, 0.717) is 25.1 Å². The molecule has 8 heteroatoms. The highest BCUT2D eigenvalue weighted by Crippen LogP contribution is 2.66. The highest BCUT2D eigenvalue weighted by Gasteiger charge is 2.80. The summed E-state index contributed by atoms with van der Waals surface area (Å²) in [6.07, 6.45) is 4.16. The van der Waals surface area contributed by atoms with Gasteiger partial charge in [0.1, 0.15) is 11.6 Å². The molecule has 3 amide bonds. The third-order valence-corrected chi connectivity index (χ3v) is 10.0. The number of fused-ring (bicyclic) bond motifs is 1. The maximum Gasteiger partial charge on any atom is 0.248 e. The van der Waals surface area contributed by atoms with Crippen LogP contribution in [-0.2, 0) is 25.5 Å². The van der Waals surface area contributed by atoms with E-state index in [1.165, 1.54) is 0 Å². The lowest BCUT2D eigenvalue weighted by atomic mass is 9.62. The van der Waals surface area contributed by atoms with Gasteiger partial charge in [-0.1, -0.05) is 67.6 Å². The Morgan fingerprint density at radius 2 is 1.66 bits per heavy atom. The number of amides is 3. The number of hydrogen-bond acceptors (Lipinski definition) is 5. The van der Waals surface area contributed by atoms with Crippen molar-refractivity contribution in [2.24, 2.45) is 17.8 Å². The van der Waals surface area contributed by atoms with Crippen LogP contribution in [0.5, 0.6) is 0 Å². The number of para-hydroxylation sites is 1. The zero-order chi connectivity index (χ0) is 31.8. The molecule has 0 saturated carbocycles. The molecule has 3 aliphatic heterocycles. The van der Waals surface area contributed by atoms with Gasteiger partial charge in [-0.3, -0.25) is 14.4 Å². The predicted octanol–water partition coefficient (Wildman–Crippen LogP) is 4.24. The molecular weight excluding hydrogens is 554 g/mol. The first-order chi connectivity index (χ1) is 21.0. The van der Waals surface area contributed by atoms with Gasteiger partial charge in [0.05, 0.1) is 30.1 Å². The maximum absolute atomic E-state index is 14.9. The fraction of sp³-hybridized carbons (Fsp3) is 0.472. The molecule has 0 aliphatic carbocycles. The molecular formula is C36H45N3O5. The van der Waals surface area contributed by atoms with E-state index >= 15 is 0 Å². The molecule has 0 aromatic heterocycles. The van der Waals surface area contributed by atoms with Crippen molar-refractivity contribution in [2.45, 2.75) is 69.9 Å².